The van der Waals surface area contributed by atoms with Gasteiger partial charge >= 0.3 is 0 Å². The highest BCUT2D eigenvalue weighted by atomic mass is 19.1. The molecule has 5 heteroatoms. The second-order valence-corrected chi connectivity index (χ2v) is 7.73. The van der Waals surface area contributed by atoms with Crippen molar-refractivity contribution in [2.75, 3.05) is 0 Å². The van der Waals surface area contributed by atoms with Crippen molar-refractivity contribution in [3.05, 3.63) is 58.9 Å². The van der Waals surface area contributed by atoms with Gasteiger partial charge in [0, 0.05) is 22.3 Å². The molecule has 1 unspecified atom stereocenters. The standard InChI is InChI=1S/C20H22FN3O/c1-4-20(12-8-6-5-7-9-12)13-11-22-24-18(13)23-14-10-19(2,3)17(21)16(25)15(14)20/h5-9,11,17-18,23H,4,10H2,1-3H3/t17-,18?,20+/m1/s1. The number of halogens is 1. The molecule has 1 aliphatic carbocycles. The Kier molecular flexibility index (Phi) is 3.46. The van der Waals surface area contributed by atoms with Crippen LogP contribution in [0.25, 0.3) is 0 Å². The third-order valence-electron chi connectivity index (χ3n) is 5.80. The summed E-state index contributed by atoms with van der Waals surface area (Å²) in [5.74, 6) is -0.407. The number of hydrogen-bond donors (Lipinski definition) is 1. The van der Waals surface area contributed by atoms with Gasteiger partial charge in [0.15, 0.2) is 18.1 Å². The number of carbonyl (C=O) groups is 1. The first-order valence-electron chi connectivity index (χ1n) is 8.76. The number of Topliss-reactive ketones (excluding diaryl/α,β-unsaturated/α-hetero) is 1. The molecule has 3 atom stereocenters. The predicted molar refractivity (Wildman–Crippen MR) is 93.6 cm³/mol. The Labute approximate surface area is 146 Å². The van der Waals surface area contributed by atoms with Gasteiger partial charge in [-0.1, -0.05) is 51.1 Å². The fraction of sp³-hybridized carbons (Fsp3) is 0.450. The van der Waals surface area contributed by atoms with Crippen LogP contribution in [0, 0.1) is 5.41 Å². The van der Waals surface area contributed by atoms with Crippen molar-refractivity contribution < 1.29 is 9.18 Å². The molecule has 2 heterocycles. The van der Waals surface area contributed by atoms with E-state index in [4.69, 9.17) is 0 Å². The highest BCUT2D eigenvalue weighted by Gasteiger charge is 2.56. The molecule has 0 bridgehead atoms. The summed E-state index contributed by atoms with van der Waals surface area (Å²) in [7, 11) is 0. The van der Waals surface area contributed by atoms with E-state index in [1.54, 1.807) is 20.0 Å². The van der Waals surface area contributed by atoms with Crippen LogP contribution in [0.15, 0.2) is 63.6 Å². The number of ketones is 1. The van der Waals surface area contributed by atoms with E-state index in [1.807, 2.05) is 37.3 Å². The summed E-state index contributed by atoms with van der Waals surface area (Å²) in [5.41, 5.74) is 1.90. The predicted octanol–water partition coefficient (Wildman–Crippen LogP) is 4.20. The van der Waals surface area contributed by atoms with Crippen LogP contribution in [0.2, 0.25) is 0 Å². The monoisotopic (exact) mass is 339 g/mol. The Balaban J connectivity index is 2.01. The molecule has 0 fully saturated rings. The Morgan fingerprint density at radius 1 is 1.28 bits per heavy atom. The van der Waals surface area contributed by atoms with Crippen molar-refractivity contribution in [3.8, 4) is 0 Å². The third-order valence-corrected chi connectivity index (χ3v) is 5.80. The van der Waals surface area contributed by atoms with Gasteiger partial charge in [-0.15, -0.1) is 0 Å². The zero-order valence-corrected chi connectivity index (χ0v) is 14.7. The number of rotatable bonds is 2. The fourth-order valence-electron chi connectivity index (χ4n) is 4.53. The van der Waals surface area contributed by atoms with Crippen molar-refractivity contribution in [1.82, 2.24) is 5.32 Å². The highest BCUT2D eigenvalue weighted by molar-refractivity contribution is 6.04. The Bertz CT molecular complexity index is 825. The Morgan fingerprint density at radius 2 is 2.00 bits per heavy atom. The molecule has 1 aromatic carbocycles. The minimum Gasteiger partial charge on any atom is -0.362 e. The summed E-state index contributed by atoms with van der Waals surface area (Å²) >= 11 is 0. The molecular weight excluding hydrogens is 317 g/mol. The number of azo groups is 1. The quantitative estimate of drug-likeness (QED) is 0.878. The zero-order chi connectivity index (χ0) is 17.8. The molecule has 1 N–H and O–H groups in total. The Hall–Kier alpha value is -2.30. The van der Waals surface area contributed by atoms with Crippen LogP contribution < -0.4 is 5.32 Å². The number of hydrogen-bond acceptors (Lipinski definition) is 4. The van der Waals surface area contributed by atoms with Crippen LogP contribution in [0.1, 0.15) is 39.2 Å². The van der Waals surface area contributed by atoms with Gasteiger partial charge in [0.05, 0.1) is 11.6 Å². The molecule has 25 heavy (non-hydrogen) atoms. The summed E-state index contributed by atoms with van der Waals surface area (Å²) in [6.07, 6.45) is 1.10. The molecule has 0 radical (unpaired) electrons. The molecule has 130 valence electrons. The van der Waals surface area contributed by atoms with Crippen molar-refractivity contribution in [2.45, 2.75) is 51.4 Å². The van der Waals surface area contributed by atoms with E-state index in [1.165, 1.54) is 0 Å². The normalized spacial score (nSPS) is 32.8. The van der Waals surface area contributed by atoms with E-state index in [9.17, 15) is 9.18 Å². The minimum absolute atomic E-state index is 0.279. The smallest absolute Gasteiger partial charge is 0.196 e. The maximum absolute atomic E-state index is 15.0. The minimum atomic E-state index is -1.50. The molecule has 2 aliphatic heterocycles. The van der Waals surface area contributed by atoms with Crippen molar-refractivity contribution in [2.24, 2.45) is 15.6 Å². The molecular formula is C20H22FN3O. The molecule has 4 nitrogen and oxygen atoms in total. The topological polar surface area (TPSA) is 53.8 Å². The second-order valence-electron chi connectivity index (χ2n) is 7.73. The van der Waals surface area contributed by atoms with Crippen LogP contribution in [-0.4, -0.2) is 18.1 Å². The van der Waals surface area contributed by atoms with Crippen LogP contribution >= 0.6 is 0 Å². The van der Waals surface area contributed by atoms with Crippen molar-refractivity contribution in [1.29, 1.82) is 0 Å². The summed E-state index contributed by atoms with van der Waals surface area (Å²) in [4.78, 5) is 13.2. The average Bonchev–Trinajstić information content (AvgIpc) is 3.07. The molecule has 0 spiro atoms. The van der Waals surface area contributed by atoms with E-state index in [-0.39, 0.29) is 6.17 Å². The number of alkyl halides is 1. The van der Waals surface area contributed by atoms with Crippen molar-refractivity contribution in [3.63, 3.8) is 0 Å². The number of nitrogens with zero attached hydrogens (tertiary/aromatic N) is 2. The van der Waals surface area contributed by atoms with Gasteiger partial charge in [-0.2, -0.15) is 10.2 Å². The number of carbonyl (C=O) groups excluding carboxylic acids is 1. The van der Waals surface area contributed by atoms with E-state index in [0.29, 0.717) is 18.4 Å². The van der Waals surface area contributed by atoms with E-state index in [0.717, 1.165) is 16.8 Å². The fourth-order valence-corrected chi connectivity index (χ4v) is 4.53. The maximum Gasteiger partial charge on any atom is 0.196 e. The average molecular weight is 339 g/mol. The molecule has 4 rings (SSSR count). The lowest BCUT2D eigenvalue weighted by atomic mass is 9.58. The van der Waals surface area contributed by atoms with Gasteiger partial charge in [0.2, 0.25) is 0 Å². The van der Waals surface area contributed by atoms with Gasteiger partial charge in [-0.3, -0.25) is 4.79 Å². The SMILES string of the molecule is CC[C@]1(c2ccccc2)C2=CN=NC2NC2=C1C(=O)[C@@H](F)C(C)(C)C2. The second kappa shape index (κ2) is 5.35. The van der Waals surface area contributed by atoms with E-state index < -0.39 is 22.8 Å². The van der Waals surface area contributed by atoms with Crippen LogP contribution in [-0.2, 0) is 10.2 Å². The highest BCUT2D eigenvalue weighted by Crippen LogP contribution is 2.54. The summed E-state index contributed by atoms with van der Waals surface area (Å²) in [5, 5.41) is 11.7. The van der Waals surface area contributed by atoms with Gasteiger partial charge in [0.1, 0.15) is 0 Å². The zero-order valence-electron chi connectivity index (χ0n) is 14.7. The molecule has 0 saturated heterocycles. The van der Waals surface area contributed by atoms with E-state index >= 15 is 0 Å². The van der Waals surface area contributed by atoms with Crippen LogP contribution in [0.4, 0.5) is 4.39 Å². The molecule has 0 saturated carbocycles. The lowest BCUT2D eigenvalue weighted by Crippen LogP contribution is -2.54. The first kappa shape index (κ1) is 16.2. The maximum atomic E-state index is 15.0. The number of benzene rings is 1. The lowest BCUT2D eigenvalue weighted by Gasteiger charge is -2.48. The van der Waals surface area contributed by atoms with Crippen LogP contribution in [0.3, 0.4) is 0 Å². The summed E-state index contributed by atoms with van der Waals surface area (Å²) in [6.45, 7) is 5.65. The molecule has 1 aromatic rings. The molecule has 0 amide bonds. The third kappa shape index (κ3) is 2.08. The largest absolute Gasteiger partial charge is 0.362 e. The lowest BCUT2D eigenvalue weighted by molar-refractivity contribution is -0.126. The number of allylic oxidation sites excluding steroid dienone is 2. The molecule has 0 aromatic heterocycles. The van der Waals surface area contributed by atoms with Crippen molar-refractivity contribution >= 4 is 5.78 Å². The van der Waals surface area contributed by atoms with Gasteiger partial charge in [0.25, 0.3) is 0 Å². The first-order valence-corrected chi connectivity index (χ1v) is 8.76. The van der Waals surface area contributed by atoms with Gasteiger partial charge < -0.3 is 5.32 Å². The first-order chi connectivity index (χ1) is 11.9. The van der Waals surface area contributed by atoms with Gasteiger partial charge in [-0.25, -0.2) is 4.39 Å². The number of fused-ring (bicyclic) bond motifs is 1. The number of nitrogens with one attached hydrogen (secondary N) is 1. The summed E-state index contributed by atoms with van der Waals surface area (Å²) < 4.78 is 15.0. The molecule has 3 aliphatic rings. The summed E-state index contributed by atoms with van der Waals surface area (Å²) in [6, 6.07) is 9.88. The van der Waals surface area contributed by atoms with E-state index in [2.05, 4.69) is 15.5 Å². The van der Waals surface area contributed by atoms with Gasteiger partial charge in [-0.05, 0) is 18.4 Å². The van der Waals surface area contributed by atoms with Crippen LogP contribution in [0.5, 0.6) is 0 Å². The Morgan fingerprint density at radius 3 is 2.68 bits per heavy atom.